The molecule has 1 saturated carbocycles. The Morgan fingerprint density at radius 3 is 2.37 bits per heavy atom. The normalized spacial score (nSPS) is 29.5. The topological polar surface area (TPSA) is 15.3 Å². The first-order valence-corrected chi connectivity index (χ1v) is 7.97. The molecule has 0 bridgehead atoms. The van der Waals surface area contributed by atoms with Gasteiger partial charge in [-0.05, 0) is 72.0 Å². The van der Waals surface area contributed by atoms with E-state index in [1.54, 1.807) is 0 Å². The molecule has 0 spiro atoms. The molecule has 1 fully saturated rings. The lowest BCUT2D eigenvalue weighted by Crippen LogP contribution is -2.60. The SMILES string of the molecule is C=C(C)CC(NCCC)C1(N(C)C)CCC(C)CC1. The second kappa shape index (κ2) is 7.44. The highest BCUT2D eigenvalue weighted by Crippen LogP contribution is 2.39. The lowest BCUT2D eigenvalue weighted by Gasteiger charge is -2.50. The number of nitrogens with one attached hydrogen (secondary N) is 1. The van der Waals surface area contributed by atoms with E-state index in [2.05, 4.69) is 51.7 Å². The van der Waals surface area contributed by atoms with Gasteiger partial charge < -0.3 is 10.2 Å². The van der Waals surface area contributed by atoms with Crippen molar-refractivity contribution in [3.8, 4) is 0 Å². The third kappa shape index (κ3) is 4.32. The highest BCUT2D eigenvalue weighted by atomic mass is 15.2. The molecule has 2 nitrogen and oxygen atoms in total. The van der Waals surface area contributed by atoms with E-state index in [-0.39, 0.29) is 0 Å². The zero-order valence-electron chi connectivity index (χ0n) is 13.8. The van der Waals surface area contributed by atoms with Crippen molar-refractivity contribution in [2.45, 2.75) is 70.9 Å². The number of hydrogen-bond acceptors (Lipinski definition) is 2. The standard InChI is InChI=1S/C17H34N2/c1-7-12-18-16(13-14(2)3)17(19(5)6)10-8-15(4)9-11-17/h15-16,18H,2,7-13H2,1,3-6H3. The van der Waals surface area contributed by atoms with Crippen molar-refractivity contribution in [1.82, 2.24) is 10.2 Å². The fraction of sp³-hybridized carbons (Fsp3) is 0.882. The lowest BCUT2D eigenvalue weighted by molar-refractivity contribution is 0.0435. The smallest absolute Gasteiger partial charge is 0.0359 e. The molecule has 2 heteroatoms. The third-order valence-electron chi connectivity index (χ3n) is 4.87. The summed E-state index contributed by atoms with van der Waals surface area (Å²) >= 11 is 0. The minimum absolute atomic E-state index is 0.320. The quantitative estimate of drug-likeness (QED) is 0.705. The molecule has 0 saturated heterocycles. The highest BCUT2D eigenvalue weighted by Gasteiger charge is 2.42. The molecular weight excluding hydrogens is 232 g/mol. The molecule has 112 valence electrons. The van der Waals surface area contributed by atoms with Gasteiger partial charge in [-0.2, -0.15) is 0 Å². The predicted molar refractivity (Wildman–Crippen MR) is 85.6 cm³/mol. The Kier molecular flexibility index (Phi) is 6.55. The first-order chi connectivity index (χ1) is 8.92. The second-order valence-corrected chi connectivity index (χ2v) is 6.85. The van der Waals surface area contributed by atoms with E-state index in [0.717, 1.165) is 18.9 Å². The Balaban J connectivity index is 2.87. The van der Waals surface area contributed by atoms with Gasteiger partial charge >= 0.3 is 0 Å². The van der Waals surface area contributed by atoms with Crippen LogP contribution in [0.5, 0.6) is 0 Å². The zero-order valence-corrected chi connectivity index (χ0v) is 13.8. The van der Waals surface area contributed by atoms with Gasteiger partial charge in [-0.25, -0.2) is 0 Å². The van der Waals surface area contributed by atoms with Gasteiger partial charge in [0.05, 0.1) is 0 Å². The Bertz CT molecular complexity index is 275. The first-order valence-electron chi connectivity index (χ1n) is 7.97. The summed E-state index contributed by atoms with van der Waals surface area (Å²) in [6, 6.07) is 0.549. The van der Waals surface area contributed by atoms with Gasteiger partial charge in [0.2, 0.25) is 0 Å². The van der Waals surface area contributed by atoms with Crippen LogP contribution in [0.15, 0.2) is 12.2 Å². The van der Waals surface area contributed by atoms with Crippen LogP contribution in [0.25, 0.3) is 0 Å². The van der Waals surface area contributed by atoms with Crippen LogP contribution in [0, 0.1) is 5.92 Å². The van der Waals surface area contributed by atoms with Crippen LogP contribution in [0.1, 0.15) is 59.3 Å². The highest BCUT2D eigenvalue weighted by molar-refractivity contribution is 5.06. The number of likely N-dealkylation sites (N-methyl/N-ethyl adjacent to an activating group) is 1. The van der Waals surface area contributed by atoms with Crippen LogP contribution < -0.4 is 5.32 Å². The number of hydrogen-bond donors (Lipinski definition) is 1. The first kappa shape index (κ1) is 16.7. The molecule has 1 rings (SSSR count). The summed E-state index contributed by atoms with van der Waals surface area (Å²) in [6.07, 6.45) is 7.65. The summed E-state index contributed by atoms with van der Waals surface area (Å²) in [6.45, 7) is 12.1. The van der Waals surface area contributed by atoms with Gasteiger partial charge in [0.15, 0.2) is 0 Å². The average Bonchev–Trinajstić information content (AvgIpc) is 2.35. The van der Waals surface area contributed by atoms with Crippen molar-refractivity contribution in [3.63, 3.8) is 0 Å². The zero-order chi connectivity index (χ0) is 14.5. The molecule has 0 aromatic heterocycles. The fourth-order valence-electron chi connectivity index (χ4n) is 3.49. The van der Waals surface area contributed by atoms with E-state index >= 15 is 0 Å². The molecule has 1 unspecified atom stereocenters. The van der Waals surface area contributed by atoms with E-state index in [9.17, 15) is 0 Å². The molecule has 0 aliphatic heterocycles. The Morgan fingerprint density at radius 1 is 1.37 bits per heavy atom. The molecule has 1 atom stereocenters. The minimum atomic E-state index is 0.320. The molecular formula is C17H34N2. The van der Waals surface area contributed by atoms with E-state index in [1.165, 1.54) is 37.7 Å². The largest absolute Gasteiger partial charge is 0.312 e. The average molecular weight is 266 g/mol. The molecule has 19 heavy (non-hydrogen) atoms. The van der Waals surface area contributed by atoms with Gasteiger partial charge in [0.1, 0.15) is 0 Å². The van der Waals surface area contributed by atoms with Crippen LogP contribution in [0.4, 0.5) is 0 Å². The van der Waals surface area contributed by atoms with Crippen molar-refractivity contribution in [1.29, 1.82) is 0 Å². The summed E-state index contributed by atoms with van der Waals surface area (Å²) in [7, 11) is 4.52. The Labute approximate surface area is 120 Å². The summed E-state index contributed by atoms with van der Waals surface area (Å²) < 4.78 is 0. The molecule has 0 aromatic rings. The van der Waals surface area contributed by atoms with Crippen molar-refractivity contribution in [3.05, 3.63) is 12.2 Å². The number of nitrogens with zero attached hydrogens (tertiary/aromatic N) is 1. The molecule has 1 N–H and O–H groups in total. The van der Waals surface area contributed by atoms with Gasteiger partial charge in [-0.1, -0.05) is 19.4 Å². The molecule has 0 amide bonds. The van der Waals surface area contributed by atoms with Crippen molar-refractivity contribution in [2.24, 2.45) is 5.92 Å². The molecule has 0 radical (unpaired) electrons. The predicted octanol–water partition coefficient (Wildman–Crippen LogP) is 3.83. The molecule has 1 aliphatic rings. The van der Waals surface area contributed by atoms with Crippen LogP contribution in [0.3, 0.4) is 0 Å². The van der Waals surface area contributed by atoms with Gasteiger partial charge in [0.25, 0.3) is 0 Å². The van der Waals surface area contributed by atoms with Gasteiger partial charge in [0, 0.05) is 11.6 Å². The lowest BCUT2D eigenvalue weighted by atomic mass is 9.70. The van der Waals surface area contributed by atoms with Gasteiger partial charge in [-0.15, -0.1) is 6.58 Å². The van der Waals surface area contributed by atoms with E-state index in [1.807, 2.05) is 0 Å². The van der Waals surface area contributed by atoms with E-state index in [4.69, 9.17) is 0 Å². The summed E-state index contributed by atoms with van der Waals surface area (Å²) in [5, 5.41) is 3.80. The molecule has 1 aliphatic carbocycles. The Hall–Kier alpha value is -0.340. The summed E-state index contributed by atoms with van der Waals surface area (Å²) in [4.78, 5) is 2.48. The Morgan fingerprint density at radius 2 is 1.95 bits per heavy atom. The monoisotopic (exact) mass is 266 g/mol. The third-order valence-corrected chi connectivity index (χ3v) is 4.87. The maximum atomic E-state index is 4.14. The molecule has 0 aromatic carbocycles. The minimum Gasteiger partial charge on any atom is -0.312 e. The maximum absolute atomic E-state index is 4.14. The van der Waals surface area contributed by atoms with Crippen molar-refractivity contribution >= 4 is 0 Å². The molecule has 0 heterocycles. The van der Waals surface area contributed by atoms with Crippen LogP contribution >= 0.6 is 0 Å². The van der Waals surface area contributed by atoms with E-state index in [0.29, 0.717) is 11.6 Å². The number of rotatable bonds is 7. The fourth-order valence-corrected chi connectivity index (χ4v) is 3.49. The summed E-state index contributed by atoms with van der Waals surface area (Å²) in [5.74, 6) is 0.893. The van der Waals surface area contributed by atoms with Gasteiger partial charge in [-0.3, -0.25) is 0 Å². The second-order valence-electron chi connectivity index (χ2n) is 6.85. The van der Waals surface area contributed by atoms with Crippen LogP contribution in [0.2, 0.25) is 0 Å². The van der Waals surface area contributed by atoms with Crippen molar-refractivity contribution < 1.29 is 0 Å². The van der Waals surface area contributed by atoms with Crippen molar-refractivity contribution in [2.75, 3.05) is 20.6 Å². The summed E-state index contributed by atoms with van der Waals surface area (Å²) in [5.41, 5.74) is 1.62. The maximum Gasteiger partial charge on any atom is 0.0359 e. The van der Waals surface area contributed by atoms with Crippen LogP contribution in [-0.4, -0.2) is 37.1 Å². The van der Waals surface area contributed by atoms with E-state index < -0.39 is 0 Å². The van der Waals surface area contributed by atoms with Crippen LogP contribution in [-0.2, 0) is 0 Å².